The smallest absolute Gasteiger partial charge is 0.266 e. The van der Waals surface area contributed by atoms with Gasteiger partial charge in [-0.1, -0.05) is 18.6 Å². The monoisotopic (exact) mass is 371 g/mol. The van der Waals surface area contributed by atoms with Gasteiger partial charge in [0.05, 0.1) is 17.8 Å². The predicted molar refractivity (Wildman–Crippen MR) is 101 cm³/mol. The van der Waals surface area contributed by atoms with Crippen molar-refractivity contribution in [3.63, 3.8) is 0 Å². The minimum atomic E-state index is -0.932. The van der Waals surface area contributed by atoms with Crippen LogP contribution in [0.5, 0.6) is 0 Å². The second-order valence-electron chi connectivity index (χ2n) is 8.14. The summed E-state index contributed by atoms with van der Waals surface area (Å²) < 4.78 is 14.9. The zero-order valence-electron chi connectivity index (χ0n) is 15.6. The molecule has 4 rings (SSSR count). The number of halogens is 1. The Bertz CT molecular complexity index is 868. The quantitative estimate of drug-likeness (QED) is 0.898. The molecule has 2 atom stereocenters. The molecule has 5 nitrogen and oxygen atoms in total. The van der Waals surface area contributed by atoms with E-state index in [2.05, 4.69) is 10.00 Å². The van der Waals surface area contributed by atoms with Gasteiger partial charge in [0, 0.05) is 24.7 Å². The van der Waals surface area contributed by atoms with E-state index in [0.717, 1.165) is 30.5 Å². The number of rotatable bonds is 4. The van der Waals surface area contributed by atoms with Crippen molar-refractivity contribution in [2.24, 2.45) is 0 Å². The zero-order chi connectivity index (χ0) is 19.0. The highest BCUT2D eigenvalue weighted by atomic mass is 19.1. The molecule has 3 heterocycles. The maximum atomic E-state index is 13.5. The topological polar surface area (TPSA) is 58.4 Å². The fourth-order valence-electron chi connectivity index (χ4n) is 4.79. The van der Waals surface area contributed by atoms with E-state index in [-0.39, 0.29) is 30.0 Å². The predicted octanol–water partition coefficient (Wildman–Crippen LogP) is 2.64. The molecule has 2 aliphatic rings. The first kappa shape index (κ1) is 18.3. The molecule has 2 fully saturated rings. The van der Waals surface area contributed by atoms with Crippen LogP contribution in [0.15, 0.2) is 41.2 Å². The van der Waals surface area contributed by atoms with Crippen molar-refractivity contribution in [2.75, 3.05) is 0 Å². The molecule has 1 aromatic carbocycles. The summed E-state index contributed by atoms with van der Waals surface area (Å²) in [6, 6.07) is 10.4. The van der Waals surface area contributed by atoms with Crippen molar-refractivity contribution in [3.8, 4) is 0 Å². The first-order chi connectivity index (χ1) is 12.9. The van der Waals surface area contributed by atoms with Gasteiger partial charge in [-0.2, -0.15) is 5.10 Å². The molecule has 0 aliphatic carbocycles. The van der Waals surface area contributed by atoms with E-state index >= 15 is 0 Å². The van der Waals surface area contributed by atoms with E-state index in [4.69, 9.17) is 0 Å². The lowest BCUT2D eigenvalue weighted by atomic mass is 9.75. The zero-order valence-corrected chi connectivity index (χ0v) is 15.6. The first-order valence-corrected chi connectivity index (χ1v) is 9.69. The number of aliphatic hydroxyl groups is 1. The van der Waals surface area contributed by atoms with Crippen molar-refractivity contribution in [1.82, 2.24) is 14.7 Å². The summed E-state index contributed by atoms with van der Waals surface area (Å²) in [6.07, 6.45) is 4.41. The van der Waals surface area contributed by atoms with Gasteiger partial charge in [0.2, 0.25) is 0 Å². The van der Waals surface area contributed by atoms with E-state index < -0.39 is 5.60 Å². The summed E-state index contributed by atoms with van der Waals surface area (Å²) in [5, 5.41) is 15.6. The SMILES string of the molecule is Cc1ccc(=O)n(CC2(O)C[C@@H]3CCC[C@@H](C2)N3Cc2cccc(F)c2)n1. The molecule has 144 valence electrons. The van der Waals surface area contributed by atoms with Crippen molar-refractivity contribution in [2.45, 2.75) is 69.8 Å². The fraction of sp³-hybridized carbons (Fsp3) is 0.524. The number of piperidine rings is 2. The van der Waals surface area contributed by atoms with Gasteiger partial charge in [-0.3, -0.25) is 9.69 Å². The molecule has 0 saturated carbocycles. The molecule has 6 heteroatoms. The van der Waals surface area contributed by atoms with E-state index in [1.165, 1.54) is 16.8 Å². The van der Waals surface area contributed by atoms with Crippen molar-refractivity contribution in [3.05, 3.63) is 63.8 Å². The molecule has 2 aliphatic heterocycles. The Morgan fingerprint density at radius 2 is 1.96 bits per heavy atom. The van der Waals surface area contributed by atoms with Crippen molar-refractivity contribution in [1.29, 1.82) is 0 Å². The number of fused-ring (bicyclic) bond motifs is 2. The normalized spacial score (nSPS) is 28.3. The molecular weight excluding hydrogens is 345 g/mol. The third kappa shape index (κ3) is 3.96. The number of aryl methyl sites for hydroxylation is 1. The molecule has 1 aromatic heterocycles. The van der Waals surface area contributed by atoms with Crippen LogP contribution in [-0.2, 0) is 13.1 Å². The standard InChI is InChI=1S/C21H26FN3O2/c1-15-8-9-20(26)25(23-15)14-21(27)11-18-6-3-7-19(12-21)24(18)13-16-4-2-5-17(22)10-16/h2,4-5,8-10,18-19,27H,3,6-7,11-14H2,1H3/t18-,19-/m0/s1. The summed E-state index contributed by atoms with van der Waals surface area (Å²) >= 11 is 0. The average molecular weight is 371 g/mol. The van der Waals surface area contributed by atoms with Crippen LogP contribution in [0, 0.1) is 12.7 Å². The van der Waals surface area contributed by atoms with Gasteiger partial charge in [-0.05, 0) is 56.4 Å². The van der Waals surface area contributed by atoms with Crippen LogP contribution in [0.4, 0.5) is 4.39 Å². The highest BCUT2D eigenvalue weighted by Crippen LogP contribution is 2.40. The van der Waals surface area contributed by atoms with Crippen molar-refractivity contribution < 1.29 is 9.50 Å². The Hall–Kier alpha value is -2.05. The van der Waals surface area contributed by atoms with E-state index in [9.17, 15) is 14.3 Å². The van der Waals surface area contributed by atoms with Crippen LogP contribution < -0.4 is 5.56 Å². The first-order valence-electron chi connectivity index (χ1n) is 9.69. The molecule has 2 bridgehead atoms. The summed E-state index contributed by atoms with van der Waals surface area (Å²) in [7, 11) is 0. The molecule has 2 saturated heterocycles. The highest BCUT2D eigenvalue weighted by Gasteiger charge is 2.45. The van der Waals surface area contributed by atoms with Gasteiger partial charge < -0.3 is 5.11 Å². The largest absolute Gasteiger partial charge is 0.388 e. The number of aromatic nitrogens is 2. The lowest BCUT2D eigenvalue weighted by molar-refractivity contribution is -0.105. The Kier molecular flexibility index (Phi) is 4.86. The summed E-state index contributed by atoms with van der Waals surface area (Å²) in [5.74, 6) is -0.212. The Balaban J connectivity index is 1.53. The van der Waals surface area contributed by atoms with E-state index in [1.54, 1.807) is 18.2 Å². The van der Waals surface area contributed by atoms with Gasteiger partial charge in [-0.15, -0.1) is 0 Å². The van der Waals surface area contributed by atoms with Gasteiger partial charge in [0.1, 0.15) is 5.82 Å². The van der Waals surface area contributed by atoms with Crippen molar-refractivity contribution >= 4 is 0 Å². The van der Waals surface area contributed by atoms with Gasteiger partial charge in [0.15, 0.2) is 0 Å². The molecule has 0 spiro atoms. The van der Waals surface area contributed by atoms with Gasteiger partial charge in [0.25, 0.3) is 5.56 Å². The number of hydrogen-bond donors (Lipinski definition) is 1. The lowest BCUT2D eigenvalue weighted by Gasteiger charge is -2.52. The van der Waals surface area contributed by atoms with Crippen LogP contribution in [-0.4, -0.2) is 37.5 Å². The Morgan fingerprint density at radius 3 is 2.67 bits per heavy atom. The molecular formula is C21H26FN3O2. The van der Waals surface area contributed by atoms with Gasteiger partial charge >= 0.3 is 0 Å². The van der Waals surface area contributed by atoms with Crippen LogP contribution >= 0.6 is 0 Å². The maximum Gasteiger partial charge on any atom is 0.266 e. The molecule has 2 aromatic rings. The second kappa shape index (κ2) is 7.17. The number of hydrogen-bond acceptors (Lipinski definition) is 4. The summed E-state index contributed by atoms with van der Waals surface area (Å²) in [5.41, 5.74) is 0.621. The average Bonchev–Trinajstić information content (AvgIpc) is 2.59. The molecule has 0 radical (unpaired) electrons. The highest BCUT2D eigenvalue weighted by molar-refractivity contribution is 5.17. The Morgan fingerprint density at radius 1 is 1.22 bits per heavy atom. The minimum absolute atomic E-state index is 0.179. The maximum absolute atomic E-state index is 13.5. The van der Waals surface area contributed by atoms with E-state index in [1.807, 2.05) is 13.0 Å². The summed E-state index contributed by atoms with van der Waals surface area (Å²) in [6.45, 7) is 2.77. The number of benzene rings is 1. The third-order valence-corrected chi connectivity index (χ3v) is 5.94. The van der Waals surface area contributed by atoms with Gasteiger partial charge in [-0.25, -0.2) is 9.07 Å². The molecule has 1 N–H and O–H groups in total. The summed E-state index contributed by atoms with van der Waals surface area (Å²) in [4.78, 5) is 14.5. The Labute approximate surface area is 158 Å². The fourth-order valence-corrected chi connectivity index (χ4v) is 4.79. The minimum Gasteiger partial charge on any atom is -0.388 e. The molecule has 0 amide bonds. The second-order valence-corrected chi connectivity index (χ2v) is 8.14. The van der Waals surface area contributed by atoms with Crippen LogP contribution in [0.1, 0.15) is 43.4 Å². The van der Waals surface area contributed by atoms with Crippen LogP contribution in [0.3, 0.4) is 0 Å². The molecule has 27 heavy (non-hydrogen) atoms. The molecule has 0 unspecified atom stereocenters. The van der Waals surface area contributed by atoms with Crippen LogP contribution in [0.25, 0.3) is 0 Å². The third-order valence-electron chi connectivity index (χ3n) is 5.94. The van der Waals surface area contributed by atoms with Crippen LogP contribution in [0.2, 0.25) is 0 Å². The van der Waals surface area contributed by atoms with E-state index in [0.29, 0.717) is 19.4 Å². The lowest BCUT2D eigenvalue weighted by Crippen LogP contribution is -2.59. The number of nitrogens with zero attached hydrogens (tertiary/aromatic N) is 3.